The summed E-state index contributed by atoms with van der Waals surface area (Å²) in [7, 11) is 0. The summed E-state index contributed by atoms with van der Waals surface area (Å²) in [6, 6.07) is 11.4. The van der Waals surface area contributed by atoms with Gasteiger partial charge in [-0.15, -0.1) is 0 Å². The standard InChI is InChI=1S/C14H13N3O2/c18-14-11(8-15-9-12-5-6-19-17-12)7-10-3-1-2-4-13(10)16-14/h1-7,15H,8-9H2,(H,16,18). The zero-order valence-electron chi connectivity index (χ0n) is 10.2. The van der Waals surface area contributed by atoms with Gasteiger partial charge in [-0.1, -0.05) is 23.4 Å². The van der Waals surface area contributed by atoms with Crippen molar-refractivity contribution in [2.24, 2.45) is 0 Å². The van der Waals surface area contributed by atoms with E-state index in [0.717, 1.165) is 16.6 Å². The molecule has 0 atom stereocenters. The van der Waals surface area contributed by atoms with Gasteiger partial charge >= 0.3 is 0 Å². The fourth-order valence-corrected chi connectivity index (χ4v) is 1.98. The summed E-state index contributed by atoms with van der Waals surface area (Å²) in [5.41, 5.74) is 2.32. The first-order chi connectivity index (χ1) is 9.33. The first-order valence-corrected chi connectivity index (χ1v) is 6.04. The summed E-state index contributed by atoms with van der Waals surface area (Å²) in [6.45, 7) is 1.07. The largest absolute Gasteiger partial charge is 0.364 e. The normalized spacial score (nSPS) is 10.9. The van der Waals surface area contributed by atoms with E-state index in [1.165, 1.54) is 6.26 Å². The fourth-order valence-electron chi connectivity index (χ4n) is 1.98. The second kappa shape index (κ2) is 5.07. The highest BCUT2D eigenvalue weighted by molar-refractivity contribution is 5.78. The molecule has 0 fully saturated rings. The van der Waals surface area contributed by atoms with Crippen molar-refractivity contribution in [3.63, 3.8) is 0 Å². The topological polar surface area (TPSA) is 70.9 Å². The monoisotopic (exact) mass is 255 g/mol. The number of aromatic amines is 1. The number of fused-ring (bicyclic) bond motifs is 1. The van der Waals surface area contributed by atoms with Crippen LogP contribution in [0.1, 0.15) is 11.3 Å². The number of para-hydroxylation sites is 1. The minimum absolute atomic E-state index is 0.0636. The van der Waals surface area contributed by atoms with Crippen molar-refractivity contribution < 1.29 is 4.52 Å². The van der Waals surface area contributed by atoms with Crippen LogP contribution in [0.2, 0.25) is 0 Å². The van der Waals surface area contributed by atoms with Crippen LogP contribution in [0.15, 0.2) is 52.0 Å². The molecule has 19 heavy (non-hydrogen) atoms. The summed E-state index contributed by atoms with van der Waals surface area (Å²) >= 11 is 0. The molecule has 0 bridgehead atoms. The SMILES string of the molecule is O=c1[nH]c2ccccc2cc1CNCc1ccon1. The van der Waals surface area contributed by atoms with Crippen LogP contribution in [0.4, 0.5) is 0 Å². The van der Waals surface area contributed by atoms with Gasteiger partial charge in [-0.25, -0.2) is 0 Å². The zero-order chi connectivity index (χ0) is 13.1. The number of hydrogen-bond donors (Lipinski definition) is 2. The molecule has 1 aromatic carbocycles. The van der Waals surface area contributed by atoms with E-state index in [1.54, 1.807) is 6.07 Å². The summed E-state index contributed by atoms with van der Waals surface area (Å²) < 4.78 is 4.74. The third-order valence-corrected chi connectivity index (χ3v) is 2.94. The lowest BCUT2D eigenvalue weighted by Gasteiger charge is -2.04. The number of hydrogen-bond acceptors (Lipinski definition) is 4. The highest BCUT2D eigenvalue weighted by Crippen LogP contribution is 2.09. The van der Waals surface area contributed by atoms with E-state index >= 15 is 0 Å². The van der Waals surface area contributed by atoms with Crippen LogP contribution in [0.3, 0.4) is 0 Å². The predicted octanol–water partition coefficient (Wildman–Crippen LogP) is 1.81. The van der Waals surface area contributed by atoms with Crippen molar-refractivity contribution >= 4 is 10.9 Å². The molecule has 2 N–H and O–H groups in total. The lowest BCUT2D eigenvalue weighted by molar-refractivity contribution is 0.408. The van der Waals surface area contributed by atoms with Gasteiger partial charge in [0.05, 0.1) is 5.69 Å². The Balaban J connectivity index is 1.77. The maximum Gasteiger partial charge on any atom is 0.252 e. The second-order valence-corrected chi connectivity index (χ2v) is 4.31. The maximum absolute atomic E-state index is 11.9. The highest BCUT2D eigenvalue weighted by Gasteiger charge is 2.03. The number of rotatable bonds is 4. The predicted molar refractivity (Wildman–Crippen MR) is 71.6 cm³/mol. The molecule has 0 saturated heterocycles. The molecule has 0 aliphatic carbocycles. The van der Waals surface area contributed by atoms with Gasteiger partial charge in [0.25, 0.3) is 5.56 Å². The molecule has 0 aliphatic rings. The number of nitrogens with zero attached hydrogens (tertiary/aromatic N) is 1. The lowest BCUT2D eigenvalue weighted by atomic mass is 10.1. The third-order valence-electron chi connectivity index (χ3n) is 2.94. The Morgan fingerprint density at radius 3 is 2.95 bits per heavy atom. The Bertz CT molecular complexity index is 732. The molecular weight excluding hydrogens is 242 g/mol. The van der Waals surface area contributed by atoms with Crippen molar-refractivity contribution in [2.75, 3.05) is 0 Å². The van der Waals surface area contributed by atoms with Crippen molar-refractivity contribution in [3.05, 3.63) is 64.3 Å². The van der Waals surface area contributed by atoms with E-state index in [4.69, 9.17) is 4.52 Å². The molecular formula is C14H13N3O2. The third kappa shape index (κ3) is 2.56. The Hall–Kier alpha value is -2.40. The van der Waals surface area contributed by atoms with Crippen molar-refractivity contribution in [1.29, 1.82) is 0 Å². The van der Waals surface area contributed by atoms with Gasteiger partial charge in [-0.3, -0.25) is 4.79 Å². The highest BCUT2D eigenvalue weighted by atomic mass is 16.5. The lowest BCUT2D eigenvalue weighted by Crippen LogP contribution is -2.20. The van der Waals surface area contributed by atoms with Crippen LogP contribution in [0.25, 0.3) is 10.9 Å². The molecule has 3 rings (SSSR count). The summed E-state index contributed by atoms with van der Waals surface area (Å²) in [4.78, 5) is 14.8. The van der Waals surface area contributed by atoms with Gasteiger partial charge in [-0.2, -0.15) is 0 Å². The maximum atomic E-state index is 11.9. The van der Waals surface area contributed by atoms with Crippen LogP contribution in [0.5, 0.6) is 0 Å². The van der Waals surface area contributed by atoms with E-state index in [-0.39, 0.29) is 5.56 Å². The van der Waals surface area contributed by atoms with Gasteiger partial charge < -0.3 is 14.8 Å². The molecule has 0 radical (unpaired) electrons. The molecule has 0 spiro atoms. The Morgan fingerprint density at radius 2 is 2.11 bits per heavy atom. The van der Waals surface area contributed by atoms with Crippen LogP contribution in [-0.2, 0) is 13.1 Å². The van der Waals surface area contributed by atoms with Crippen LogP contribution in [-0.4, -0.2) is 10.1 Å². The number of nitrogens with one attached hydrogen (secondary N) is 2. The molecule has 2 aromatic heterocycles. The molecule has 5 heteroatoms. The average Bonchev–Trinajstić information content (AvgIpc) is 2.92. The molecule has 2 heterocycles. The molecule has 0 amide bonds. The molecule has 0 unspecified atom stereocenters. The summed E-state index contributed by atoms with van der Waals surface area (Å²) in [5, 5.41) is 7.99. The molecule has 0 aliphatic heterocycles. The first kappa shape index (κ1) is 11.7. The average molecular weight is 255 g/mol. The van der Waals surface area contributed by atoms with E-state index in [0.29, 0.717) is 18.7 Å². The smallest absolute Gasteiger partial charge is 0.252 e. The van der Waals surface area contributed by atoms with Crippen molar-refractivity contribution in [1.82, 2.24) is 15.5 Å². The van der Waals surface area contributed by atoms with E-state index in [1.807, 2.05) is 30.3 Å². The summed E-state index contributed by atoms with van der Waals surface area (Å²) in [5.74, 6) is 0. The van der Waals surface area contributed by atoms with E-state index < -0.39 is 0 Å². The van der Waals surface area contributed by atoms with Crippen molar-refractivity contribution in [3.8, 4) is 0 Å². The zero-order valence-corrected chi connectivity index (χ0v) is 10.2. The second-order valence-electron chi connectivity index (χ2n) is 4.31. The summed E-state index contributed by atoms with van der Waals surface area (Å²) in [6.07, 6.45) is 1.53. The van der Waals surface area contributed by atoms with Gasteiger partial charge in [-0.05, 0) is 17.5 Å². The van der Waals surface area contributed by atoms with Crippen molar-refractivity contribution in [2.45, 2.75) is 13.1 Å². The van der Waals surface area contributed by atoms with E-state index in [9.17, 15) is 4.79 Å². The number of pyridine rings is 1. The first-order valence-electron chi connectivity index (χ1n) is 6.04. The molecule has 0 saturated carbocycles. The van der Waals surface area contributed by atoms with Crippen LogP contribution in [0, 0.1) is 0 Å². The molecule has 3 aromatic rings. The minimum atomic E-state index is -0.0636. The van der Waals surface area contributed by atoms with Gasteiger partial charge in [0.15, 0.2) is 0 Å². The fraction of sp³-hybridized carbons (Fsp3) is 0.143. The number of benzene rings is 1. The van der Waals surface area contributed by atoms with Gasteiger partial charge in [0.2, 0.25) is 0 Å². The molecule has 5 nitrogen and oxygen atoms in total. The van der Waals surface area contributed by atoms with E-state index in [2.05, 4.69) is 15.5 Å². The Labute approximate surface area is 109 Å². The van der Waals surface area contributed by atoms with Gasteiger partial charge in [0, 0.05) is 30.2 Å². The number of H-pyrrole nitrogens is 1. The van der Waals surface area contributed by atoms with Gasteiger partial charge in [0.1, 0.15) is 6.26 Å². The Kier molecular flexibility index (Phi) is 3.12. The van der Waals surface area contributed by atoms with Crippen LogP contribution < -0.4 is 10.9 Å². The quantitative estimate of drug-likeness (QED) is 0.745. The number of aromatic nitrogens is 2. The minimum Gasteiger partial charge on any atom is -0.364 e. The van der Waals surface area contributed by atoms with Crippen LogP contribution >= 0.6 is 0 Å². The molecule has 96 valence electrons. The Morgan fingerprint density at radius 1 is 1.21 bits per heavy atom.